The van der Waals surface area contributed by atoms with Gasteiger partial charge >= 0.3 is 0 Å². The molecule has 2 aliphatic rings. The van der Waals surface area contributed by atoms with Gasteiger partial charge in [0.25, 0.3) is 0 Å². The third kappa shape index (κ3) is 3.40. The van der Waals surface area contributed by atoms with E-state index in [1.165, 1.54) is 43.5 Å². The minimum Gasteiger partial charge on any atom is -0.386 e. The molecule has 1 aromatic carbocycles. The third-order valence-electron chi connectivity index (χ3n) is 5.86. The zero-order valence-corrected chi connectivity index (χ0v) is 17.5. The zero-order valence-electron chi connectivity index (χ0n) is 16.7. The average molecular weight is 441 g/mol. The Morgan fingerprint density at radius 2 is 2.06 bits per heavy atom. The highest BCUT2D eigenvalue weighted by atomic mass is 32.2. The van der Waals surface area contributed by atoms with Crippen molar-refractivity contribution in [3.05, 3.63) is 70.6 Å². The van der Waals surface area contributed by atoms with Gasteiger partial charge < -0.3 is 11.1 Å². The molecule has 2 aliphatic heterocycles. The summed E-state index contributed by atoms with van der Waals surface area (Å²) in [5.74, 6) is -1.33. The van der Waals surface area contributed by atoms with Gasteiger partial charge in [-0.05, 0) is 30.7 Å². The molecule has 2 aromatic rings. The lowest BCUT2D eigenvalue weighted by molar-refractivity contribution is 0.0988. The van der Waals surface area contributed by atoms with Crippen LogP contribution in [0.2, 0.25) is 0 Å². The van der Waals surface area contributed by atoms with Gasteiger partial charge in [0.1, 0.15) is 22.9 Å². The number of nitrogens with two attached hydrogens (primary N) is 1. The summed E-state index contributed by atoms with van der Waals surface area (Å²) in [7, 11) is -3.68. The summed E-state index contributed by atoms with van der Waals surface area (Å²) >= 11 is 0. The molecule has 0 radical (unpaired) electrons. The van der Waals surface area contributed by atoms with E-state index >= 15 is 0 Å². The van der Waals surface area contributed by atoms with Crippen LogP contribution >= 0.6 is 0 Å². The van der Waals surface area contributed by atoms with E-state index in [-0.39, 0.29) is 48.1 Å². The van der Waals surface area contributed by atoms with Gasteiger partial charge in [-0.3, -0.25) is 14.8 Å². The number of aromatic nitrogens is 1. The van der Waals surface area contributed by atoms with E-state index in [1.54, 1.807) is 0 Å². The van der Waals surface area contributed by atoms with Crippen molar-refractivity contribution in [2.24, 2.45) is 10.7 Å². The Labute approximate surface area is 179 Å². The van der Waals surface area contributed by atoms with Gasteiger partial charge in [-0.15, -0.1) is 0 Å². The molecule has 0 amide bonds. The fraction of sp³-hybridized carbons (Fsp3) is 0.333. The summed E-state index contributed by atoms with van der Waals surface area (Å²) in [4.78, 5) is 24.2. The van der Waals surface area contributed by atoms with Crippen LogP contribution in [0.5, 0.6) is 0 Å². The summed E-state index contributed by atoms with van der Waals surface area (Å²) in [6.45, 7) is 8.86. The maximum atomic E-state index is 14.8. The van der Waals surface area contributed by atoms with Crippen LogP contribution in [0.25, 0.3) is 4.85 Å². The molecular weight excluding hydrogens is 421 g/mol. The lowest BCUT2D eigenvalue weighted by Gasteiger charge is -2.47. The molecule has 3 N–H and O–H groups in total. The quantitative estimate of drug-likeness (QED) is 0.549. The molecule has 3 heterocycles. The van der Waals surface area contributed by atoms with Crippen LogP contribution in [0.15, 0.2) is 41.5 Å². The number of nitrogens with one attached hydrogen (secondary N) is 1. The lowest BCUT2D eigenvalue weighted by atomic mass is 9.90. The molecule has 4 rings (SSSR count). The van der Waals surface area contributed by atoms with E-state index in [4.69, 9.17) is 12.3 Å². The van der Waals surface area contributed by atoms with E-state index in [9.17, 15) is 17.6 Å². The molecule has 1 spiro atoms. The highest BCUT2D eigenvalue weighted by Gasteiger charge is 2.58. The smallest absolute Gasteiger partial charge is 0.205 e. The van der Waals surface area contributed by atoms with Gasteiger partial charge in [-0.25, -0.2) is 17.7 Å². The van der Waals surface area contributed by atoms with Crippen LogP contribution < -0.4 is 11.1 Å². The second-order valence-electron chi connectivity index (χ2n) is 8.06. The number of benzene rings is 1. The molecule has 160 valence electrons. The Kier molecular flexibility index (Phi) is 4.91. The van der Waals surface area contributed by atoms with Gasteiger partial charge in [-0.2, -0.15) is 0 Å². The lowest BCUT2D eigenvalue weighted by Crippen LogP contribution is -2.73. The van der Waals surface area contributed by atoms with Crippen LogP contribution in [0.4, 0.5) is 10.1 Å². The molecule has 0 saturated carbocycles. The number of hydrogen-bond donors (Lipinski definition) is 2. The third-order valence-corrected chi connectivity index (χ3v) is 8.49. The number of pyridine rings is 1. The Balaban J connectivity index is 1.66. The largest absolute Gasteiger partial charge is 0.386 e. The van der Waals surface area contributed by atoms with Crippen molar-refractivity contribution in [2.45, 2.75) is 23.6 Å². The minimum absolute atomic E-state index is 0.0232. The fourth-order valence-corrected chi connectivity index (χ4v) is 6.19. The predicted octanol–water partition coefficient (Wildman–Crippen LogP) is 1.54. The van der Waals surface area contributed by atoms with Gasteiger partial charge in [0.05, 0.1) is 12.3 Å². The molecule has 8 nitrogen and oxygen atoms in total. The molecule has 1 aromatic heterocycles. The van der Waals surface area contributed by atoms with Crippen molar-refractivity contribution < 1.29 is 17.6 Å². The summed E-state index contributed by atoms with van der Waals surface area (Å²) < 4.78 is 39.5. The van der Waals surface area contributed by atoms with Crippen LogP contribution in [0.3, 0.4) is 0 Å². The number of carbonyl (C=O) groups is 1. The predicted molar refractivity (Wildman–Crippen MR) is 113 cm³/mol. The number of ketones is 1. The first-order chi connectivity index (χ1) is 14.6. The molecule has 0 aliphatic carbocycles. The molecule has 1 atom stereocenters. The number of amidine groups is 1. The van der Waals surface area contributed by atoms with Crippen molar-refractivity contribution in [1.82, 2.24) is 10.3 Å². The topological polar surface area (TPSA) is 119 Å². The second kappa shape index (κ2) is 7.21. The van der Waals surface area contributed by atoms with Gasteiger partial charge in [0.15, 0.2) is 20.4 Å². The van der Waals surface area contributed by atoms with Crippen molar-refractivity contribution in [3.8, 4) is 0 Å². The summed E-state index contributed by atoms with van der Waals surface area (Å²) in [5.41, 5.74) is 5.73. The van der Waals surface area contributed by atoms with E-state index in [0.29, 0.717) is 11.3 Å². The van der Waals surface area contributed by atoms with Crippen LogP contribution in [-0.4, -0.2) is 48.6 Å². The van der Waals surface area contributed by atoms with Crippen LogP contribution in [0, 0.1) is 12.4 Å². The summed E-state index contributed by atoms with van der Waals surface area (Å²) in [6.07, 6.45) is 1.25. The Morgan fingerprint density at radius 3 is 2.61 bits per heavy atom. The zero-order chi connectivity index (χ0) is 22.4. The van der Waals surface area contributed by atoms with Gasteiger partial charge in [0, 0.05) is 31.3 Å². The Hall–Kier alpha value is -3.16. The number of Topliss-reactive ketones (excluding diaryl/α,β-unsaturated/α-hetero) is 1. The normalized spacial score (nSPS) is 23.5. The van der Waals surface area contributed by atoms with E-state index in [2.05, 4.69) is 20.1 Å². The molecule has 1 saturated heterocycles. The minimum atomic E-state index is -3.68. The Morgan fingerprint density at radius 1 is 1.32 bits per heavy atom. The van der Waals surface area contributed by atoms with Gasteiger partial charge in [0.2, 0.25) is 5.69 Å². The standard InChI is InChI=1S/C21H20FN5O3S/c1-20(12-31(29,30)21(10-25-11-21)19(23)27-20)15-7-13(3-5-16(15)22)8-18(28)17-6-4-14(24-2)9-26-17/h3-7,9,25H,8,10-12H2,1H3,(H2,23,27)/t20-/m0/s1. The van der Waals surface area contributed by atoms with Crippen LogP contribution in [-0.2, 0) is 21.8 Å². The van der Waals surface area contributed by atoms with E-state index in [0.717, 1.165) is 0 Å². The van der Waals surface area contributed by atoms with Crippen molar-refractivity contribution >= 4 is 27.1 Å². The first kappa shape index (κ1) is 21.1. The fourth-order valence-electron chi connectivity index (χ4n) is 3.95. The van der Waals surface area contributed by atoms with Crippen molar-refractivity contribution in [1.29, 1.82) is 0 Å². The summed E-state index contributed by atoms with van der Waals surface area (Å²) in [5, 5.41) is 2.92. The average Bonchev–Trinajstić information content (AvgIpc) is 2.67. The maximum Gasteiger partial charge on any atom is 0.205 e. The number of sulfone groups is 1. The first-order valence-electron chi connectivity index (χ1n) is 9.55. The summed E-state index contributed by atoms with van der Waals surface area (Å²) in [6, 6.07) is 7.10. The second-order valence-corrected chi connectivity index (χ2v) is 10.4. The molecular formula is C21H20FN5O3S. The number of nitrogens with zero attached hydrogens (tertiary/aromatic N) is 3. The molecule has 31 heavy (non-hydrogen) atoms. The van der Waals surface area contributed by atoms with Crippen LogP contribution in [0.1, 0.15) is 28.5 Å². The maximum absolute atomic E-state index is 14.8. The van der Waals surface area contributed by atoms with Crippen molar-refractivity contribution in [3.63, 3.8) is 0 Å². The number of carbonyl (C=O) groups excluding carboxylic acids is 1. The molecule has 10 heteroatoms. The number of rotatable bonds is 4. The monoisotopic (exact) mass is 441 g/mol. The van der Waals surface area contributed by atoms with E-state index in [1.807, 2.05) is 0 Å². The first-order valence-corrected chi connectivity index (χ1v) is 11.2. The number of hydrogen-bond acceptors (Lipinski definition) is 7. The highest BCUT2D eigenvalue weighted by Crippen LogP contribution is 2.39. The highest BCUT2D eigenvalue weighted by molar-refractivity contribution is 7.93. The molecule has 0 bridgehead atoms. The number of aliphatic imine (C=N–C) groups is 1. The molecule has 0 unspecified atom stereocenters. The SMILES string of the molecule is [C-]#[N+]c1ccc(C(=O)Cc2ccc(F)c([C@]3(C)CS(=O)(=O)C4(CNC4)C(N)=N3)c2)nc1. The number of halogens is 1. The van der Waals surface area contributed by atoms with Crippen molar-refractivity contribution in [2.75, 3.05) is 18.8 Å². The Bertz CT molecular complexity index is 1250. The van der Waals surface area contributed by atoms with E-state index < -0.39 is 25.9 Å². The van der Waals surface area contributed by atoms with Gasteiger partial charge in [-0.1, -0.05) is 12.1 Å². The molecule has 1 fully saturated rings.